The predicted octanol–water partition coefficient (Wildman–Crippen LogP) is -2.02. The van der Waals surface area contributed by atoms with Crippen LogP contribution in [0.3, 0.4) is 0 Å². The van der Waals surface area contributed by atoms with Crippen molar-refractivity contribution in [2.24, 2.45) is 0 Å². The molecule has 9 heavy (non-hydrogen) atoms. The average Bonchev–Trinajstić information content (AvgIpc) is 1.89. The van der Waals surface area contributed by atoms with Gasteiger partial charge in [-0.15, -0.1) is 0 Å². The molecule has 0 radical (unpaired) electrons. The summed E-state index contributed by atoms with van der Waals surface area (Å²) in [5, 5.41) is 7.42. The zero-order valence-corrected chi connectivity index (χ0v) is 4.89. The molecule has 0 aliphatic heterocycles. The lowest BCUT2D eigenvalue weighted by Gasteiger charge is -1.99. The number of rotatable bonds is 6. The molecule has 5 heteroatoms. The second kappa shape index (κ2) is 6.90. The first kappa shape index (κ1) is 7.90. The highest BCUT2D eigenvalue weighted by Crippen LogP contribution is 1.44. The van der Waals surface area contributed by atoms with Crippen molar-refractivity contribution in [3.63, 3.8) is 0 Å². The quantitative estimate of drug-likeness (QED) is 0.221. The Hall–Kier alpha value is -1.10. The predicted molar refractivity (Wildman–Crippen MR) is 31.3 cm³/mol. The number of hydrogen-bond acceptors (Lipinski definition) is 3. The summed E-state index contributed by atoms with van der Waals surface area (Å²) in [5.74, 6) is 0. The number of hydrogen-bond donors (Lipinski definition) is 3. The van der Waals surface area contributed by atoms with Crippen molar-refractivity contribution in [1.29, 1.82) is 0 Å². The summed E-state index contributed by atoms with van der Waals surface area (Å²) in [5.41, 5.74) is 0. The third-order valence-electron chi connectivity index (χ3n) is 0.621. The van der Waals surface area contributed by atoms with Crippen LogP contribution in [0.25, 0.3) is 0 Å². The van der Waals surface area contributed by atoms with E-state index in [0.29, 0.717) is 26.2 Å². The Morgan fingerprint density at radius 2 is 1.44 bits per heavy atom. The van der Waals surface area contributed by atoms with E-state index in [-0.39, 0.29) is 0 Å². The van der Waals surface area contributed by atoms with Crippen LogP contribution >= 0.6 is 0 Å². The van der Waals surface area contributed by atoms with E-state index >= 15 is 0 Å². The molecule has 5 nitrogen and oxygen atoms in total. The molecule has 0 unspecified atom stereocenters. The Morgan fingerprint density at radius 3 is 1.78 bits per heavy atom. The van der Waals surface area contributed by atoms with E-state index in [1.165, 1.54) is 0 Å². The molecule has 2 amide bonds. The summed E-state index contributed by atoms with van der Waals surface area (Å²) in [7, 11) is 0. The number of nitrogens with one attached hydrogen (secondary N) is 3. The number of carbonyl (C=O) groups excluding carboxylic acids is 2. The molecule has 0 rings (SSSR count). The highest BCUT2D eigenvalue weighted by molar-refractivity contribution is 5.46. The van der Waals surface area contributed by atoms with Crippen LogP contribution in [-0.2, 0) is 9.59 Å². The van der Waals surface area contributed by atoms with Crippen molar-refractivity contribution < 1.29 is 9.59 Å². The van der Waals surface area contributed by atoms with Gasteiger partial charge in [-0.1, -0.05) is 0 Å². The average molecular weight is 131 g/mol. The van der Waals surface area contributed by atoms with Gasteiger partial charge < -0.3 is 10.6 Å². The van der Waals surface area contributed by atoms with Crippen molar-refractivity contribution in [1.82, 2.24) is 16.0 Å². The summed E-state index contributed by atoms with van der Waals surface area (Å²) in [6, 6.07) is 0. The van der Waals surface area contributed by atoms with Crippen LogP contribution in [0.5, 0.6) is 0 Å². The third kappa shape index (κ3) is 6.90. The van der Waals surface area contributed by atoms with E-state index in [4.69, 9.17) is 0 Å². The van der Waals surface area contributed by atoms with Crippen molar-refractivity contribution >= 4 is 12.8 Å². The van der Waals surface area contributed by atoms with E-state index in [0.717, 1.165) is 0 Å². The van der Waals surface area contributed by atoms with Gasteiger partial charge in [-0.25, -0.2) is 0 Å². The number of carbonyl (C=O) groups is 2. The van der Waals surface area contributed by atoms with E-state index in [9.17, 15) is 9.59 Å². The Balaban J connectivity index is 2.74. The molecule has 0 aromatic heterocycles. The smallest absolute Gasteiger partial charge is 0.208 e. The molecule has 0 spiro atoms. The van der Waals surface area contributed by atoms with Crippen LogP contribution in [0.2, 0.25) is 0 Å². The lowest BCUT2D eigenvalue weighted by atomic mass is 10.9. The first-order valence-corrected chi connectivity index (χ1v) is 2.46. The first-order valence-electron chi connectivity index (χ1n) is 2.46. The second-order valence-electron chi connectivity index (χ2n) is 1.25. The first-order chi connectivity index (χ1) is 4.41. The Labute approximate surface area is 52.8 Å². The Bertz CT molecular complexity index is 75.9. The van der Waals surface area contributed by atoms with Gasteiger partial charge in [0.25, 0.3) is 0 Å². The standard InChI is InChI=1S/C4H9N3O2/c8-3-6-1-5-2-7-4-9/h3-5H,1-2H2,(H,6,8)(H,7,9). The van der Waals surface area contributed by atoms with Crippen LogP contribution in [0.1, 0.15) is 0 Å². The minimum Gasteiger partial charge on any atom is -0.346 e. The third-order valence-corrected chi connectivity index (χ3v) is 0.621. The Morgan fingerprint density at radius 1 is 1.00 bits per heavy atom. The molecule has 0 saturated heterocycles. The van der Waals surface area contributed by atoms with E-state index in [1.54, 1.807) is 0 Å². The molecule has 0 aromatic carbocycles. The van der Waals surface area contributed by atoms with E-state index in [1.807, 2.05) is 0 Å². The lowest BCUT2D eigenvalue weighted by Crippen LogP contribution is -2.34. The zero-order valence-electron chi connectivity index (χ0n) is 4.89. The van der Waals surface area contributed by atoms with Gasteiger partial charge in [-0.2, -0.15) is 0 Å². The largest absolute Gasteiger partial charge is 0.346 e. The topological polar surface area (TPSA) is 70.2 Å². The maximum atomic E-state index is 9.60. The van der Waals surface area contributed by atoms with Crippen LogP contribution in [0, 0.1) is 0 Å². The van der Waals surface area contributed by atoms with Crippen LogP contribution < -0.4 is 16.0 Å². The molecule has 0 saturated carbocycles. The van der Waals surface area contributed by atoms with Gasteiger partial charge in [0.05, 0.1) is 13.3 Å². The molecule has 0 bridgehead atoms. The molecule has 0 aliphatic carbocycles. The highest BCUT2D eigenvalue weighted by Gasteiger charge is 1.78. The van der Waals surface area contributed by atoms with E-state index in [2.05, 4.69) is 16.0 Å². The summed E-state index contributed by atoms with van der Waals surface area (Å²) in [6.45, 7) is 0.731. The molecule has 3 N–H and O–H groups in total. The van der Waals surface area contributed by atoms with Crippen molar-refractivity contribution in [3.05, 3.63) is 0 Å². The molecule has 0 heterocycles. The van der Waals surface area contributed by atoms with Gasteiger partial charge >= 0.3 is 0 Å². The SMILES string of the molecule is O=CNCNCNC=O. The summed E-state index contributed by atoms with van der Waals surface area (Å²) >= 11 is 0. The minimum atomic E-state index is 0.365. The fourth-order valence-corrected chi connectivity index (χ4v) is 0.290. The number of amides is 2. The molecular weight excluding hydrogens is 122 g/mol. The van der Waals surface area contributed by atoms with Gasteiger partial charge in [0, 0.05) is 0 Å². The summed E-state index contributed by atoms with van der Waals surface area (Å²) < 4.78 is 0. The van der Waals surface area contributed by atoms with Crippen LogP contribution in [0.4, 0.5) is 0 Å². The maximum absolute atomic E-state index is 9.60. The molecule has 52 valence electrons. The molecular formula is C4H9N3O2. The van der Waals surface area contributed by atoms with Crippen LogP contribution in [-0.4, -0.2) is 26.2 Å². The van der Waals surface area contributed by atoms with Gasteiger partial charge in [-0.05, 0) is 0 Å². The van der Waals surface area contributed by atoms with Gasteiger partial charge in [0.15, 0.2) is 0 Å². The fourth-order valence-electron chi connectivity index (χ4n) is 0.290. The molecule has 0 aromatic rings. The Kier molecular flexibility index (Phi) is 6.06. The minimum absolute atomic E-state index is 0.365. The van der Waals surface area contributed by atoms with Gasteiger partial charge in [-0.3, -0.25) is 14.9 Å². The second-order valence-corrected chi connectivity index (χ2v) is 1.25. The highest BCUT2D eigenvalue weighted by atomic mass is 16.1. The van der Waals surface area contributed by atoms with E-state index < -0.39 is 0 Å². The monoisotopic (exact) mass is 131 g/mol. The zero-order chi connectivity index (χ0) is 6.95. The fraction of sp³-hybridized carbons (Fsp3) is 0.500. The summed E-state index contributed by atoms with van der Waals surface area (Å²) in [6.07, 6.45) is 1.15. The van der Waals surface area contributed by atoms with Crippen LogP contribution in [0.15, 0.2) is 0 Å². The molecule has 0 fully saturated rings. The van der Waals surface area contributed by atoms with Crippen molar-refractivity contribution in [2.45, 2.75) is 0 Å². The normalized spacial score (nSPS) is 8.00. The van der Waals surface area contributed by atoms with Gasteiger partial charge in [0.2, 0.25) is 12.8 Å². The molecule has 0 atom stereocenters. The van der Waals surface area contributed by atoms with Crippen molar-refractivity contribution in [3.8, 4) is 0 Å². The molecule has 0 aliphatic rings. The maximum Gasteiger partial charge on any atom is 0.208 e. The lowest BCUT2D eigenvalue weighted by molar-refractivity contribution is -0.109. The summed E-state index contributed by atoms with van der Waals surface area (Å²) in [4.78, 5) is 19.2. The van der Waals surface area contributed by atoms with Gasteiger partial charge in [0.1, 0.15) is 0 Å². The van der Waals surface area contributed by atoms with Crippen molar-refractivity contribution in [2.75, 3.05) is 13.3 Å².